The number of carbonyl (C=O) groups excluding carboxylic acids is 1. The standard InChI is InChI=1S/C12H10N4O3/c17-10-4-2-1-3-8(10)7-13-16-12(19)9-5-6-11(18)15-14-9/h1-7,17H,(H,15,18)(H,16,19). The Kier molecular flexibility index (Phi) is 3.67. The van der Waals surface area contributed by atoms with Crippen LogP contribution in [0.1, 0.15) is 16.1 Å². The summed E-state index contributed by atoms with van der Waals surface area (Å²) >= 11 is 0. The zero-order valence-electron chi connectivity index (χ0n) is 9.70. The molecule has 0 bridgehead atoms. The minimum atomic E-state index is -0.567. The van der Waals surface area contributed by atoms with Gasteiger partial charge in [0, 0.05) is 11.6 Å². The first-order valence-electron chi connectivity index (χ1n) is 5.34. The molecule has 0 saturated heterocycles. The van der Waals surface area contributed by atoms with Crippen LogP contribution in [-0.4, -0.2) is 27.4 Å². The van der Waals surface area contributed by atoms with Crippen LogP contribution < -0.4 is 11.0 Å². The van der Waals surface area contributed by atoms with E-state index in [9.17, 15) is 14.7 Å². The number of phenols is 1. The van der Waals surface area contributed by atoms with Crippen LogP contribution in [0.15, 0.2) is 46.3 Å². The smallest absolute Gasteiger partial charge is 0.291 e. The molecular formula is C12H10N4O3. The first kappa shape index (κ1) is 12.5. The molecule has 19 heavy (non-hydrogen) atoms. The van der Waals surface area contributed by atoms with Crippen molar-refractivity contribution in [3.05, 3.63) is 58.0 Å². The molecule has 0 aliphatic heterocycles. The van der Waals surface area contributed by atoms with Crippen molar-refractivity contribution in [1.82, 2.24) is 15.6 Å². The van der Waals surface area contributed by atoms with Crippen LogP contribution in [0.2, 0.25) is 0 Å². The molecule has 0 atom stereocenters. The normalized spacial score (nSPS) is 10.5. The molecule has 7 heteroatoms. The number of amides is 1. The Hall–Kier alpha value is -2.96. The zero-order valence-corrected chi connectivity index (χ0v) is 9.70. The molecule has 96 valence electrons. The summed E-state index contributed by atoms with van der Waals surface area (Å²) in [6.45, 7) is 0. The highest BCUT2D eigenvalue weighted by Crippen LogP contribution is 2.12. The van der Waals surface area contributed by atoms with Gasteiger partial charge in [0.05, 0.1) is 6.21 Å². The second kappa shape index (κ2) is 5.58. The van der Waals surface area contributed by atoms with Crippen molar-refractivity contribution in [2.24, 2.45) is 5.10 Å². The number of hydrogen-bond donors (Lipinski definition) is 3. The second-order valence-corrected chi connectivity index (χ2v) is 3.56. The topological polar surface area (TPSA) is 107 Å². The second-order valence-electron chi connectivity index (χ2n) is 3.56. The average molecular weight is 258 g/mol. The first-order valence-corrected chi connectivity index (χ1v) is 5.34. The first-order chi connectivity index (χ1) is 9.16. The van der Waals surface area contributed by atoms with Gasteiger partial charge in [0.1, 0.15) is 5.75 Å². The number of aromatic amines is 1. The molecule has 0 aliphatic rings. The summed E-state index contributed by atoms with van der Waals surface area (Å²) in [7, 11) is 0. The fourth-order valence-corrected chi connectivity index (χ4v) is 1.29. The van der Waals surface area contributed by atoms with E-state index in [4.69, 9.17) is 0 Å². The molecule has 0 aliphatic carbocycles. The molecule has 0 radical (unpaired) electrons. The maximum atomic E-state index is 11.6. The molecule has 0 saturated carbocycles. The van der Waals surface area contributed by atoms with Crippen molar-refractivity contribution < 1.29 is 9.90 Å². The van der Waals surface area contributed by atoms with Gasteiger partial charge in [-0.1, -0.05) is 12.1 Å². The van der Waals surface area contributed by atoms with Crippen molar-refractivity contribution in [2.45, 2.75) is 0 Å². The van der Waals surface area contributed by atoms with E-state index in [1.165, 1.54) is 24.4 Å². The van der Waals surface area contributed by atoms with Crippen molar-refractivity contribution in [2.75, 3.05) is 0 Å². The number of benzene rings is 1. The molecular weight excluding hydrogens is 248 g/mol. The maximum Gasteiger partial charge on any atom is 0.291 e. The summed E-state index contributed by atoms with van der Waals surface area (Å²) in [5, 5.41) is 18.8. The van der Waals surface area contributed by atoms with Crippen molar-refractivity contribution in [3.8, 4) is 5.75 Å². The molecule has 1 amide bonds. The molecule has 0 fully saturated rings. The Balaban J connectivity index is 2.03. The number of phenolic OH excluding ortho intramolecular Hbond substituents is 1. The predicted octanol–water partition coefficient (Wildman–Crippen LogP) is 0.239. The van der Waals surface area contributed by atoms with E-state index in [-0.39, 0.29) is 11.4 Å². The highest BCUT2D eigenvalue weighted by molar-refractivity contribution is 5.93. The molecule has 1 aromatic carbocycles. The lowest BCUT2D eigenvalue weighted by atomic mass is 10.2. The molecule has 1 aromatic heterocycles. The number of H-pyrrole nitrogens is 1. The van der Waals surface area contributed by atoms with E-state index in [0.29, 0.717) is 5.56 Å². The van der Waals surface area contributed by atoms with Gasteiger partial charge in [-0.2, -0.15) is 10.2 Å². The lowest BCUT2D eigenvalue weighted by Crippen LogP contribution is -2.21. The third-order valence-corrected chi connectivity index (χ3v) is 2.22. The van der Waals surface area contributed by atoms with Gasteiger partial charge in [-0.25, -0.2) is 10.5 Å². The van der Waals surface area contributed by atoms with Crippen molar-refractivity contribution >= 4 is 12.1 Å². The number of nitrogens with zero attached hydrogens (tertiary/aromatic N) is 2. The van der Waals surface area contributed by atoms with Gasteiger partial charge in [-0.15, -0.1) is 0 Å². The van der Waals surface area contributed by atoms with E-state index in [0.717, 1.165) is 0 Å². The van der Waals surface area contributed by atoms with Crippen LogP contribution in [0, 0.1) is 0 Å². The van der Waals surface area contributed by atoms with E-state index in [1.54, 1.807) is 18.2 Å². The minimum Gasteiger partial charge on any atom is -0.507 e. The number of para-hydroxylation sites is 1. The molecule has 7 nitrogen and oxygen atoms in total. The molecule has 1 heterocycles. The number of aromatic hydroxyl groups is 1. The van der Waals surface area contributed by atoms with Gasteiger partial charge in [0.25, 0.3) is 11.5 Å². The quantitative estimate of drug-likeness (QED) is 0.541. The van der Waals surface area contributed by atoms with Crippen LogP contribution in [0.25, 0.3) is 0 Å². The molecule has 0 unspecified atom stereocenters. The van der Waals surface area contributed by atoms with Gasteiger partial charge in [-0.05, 0) is 18.2 Å². The van der Waals surface area contributed by atoms with Crippen LogP contribution in [0.5, 0.6) is 5.75 Å². The van der Waals surface area contributed by atoms with Gasteiger partial charge in [0.15, 0.2) is 5.69 Å². The van der Waals surface area contributed by atoms with Crippen molar-refractivity contribution in [1.29, 1.82) is 0 Å². The third-order valence-electron chi connectivity index (χ3n) is 2.22. The Morgan fingerprint density at radius 3 is 2.79 bits per heavy atom. The lowest BCUT2D eigenvalue weighted by molar-refractivity contribution is 0.0949. The maximum absolute atomic E-state index is 11.6. The van der Waals surface area contributed by atoms with E-state index >= 15 is 0 Å². The molecule has 2 rings (SSSR count). The summed E-state index contributed by atoms with van der Waals surface area (Å²) in [6.07, 6.45) is 1.30. The number of hydrogen-bond acceptors (Lipinski definition) is 5. The largest absolute Gasteiger partial charge is 0.507 e. The van der Waals surface area contributed by atoms with Gasteiger partial charge < -0.3 is 5.11 Å². The third kappa shape index (κ3) is 3.25. The highest BCUT2D eigenvalue weighted by atomic mass is 16.3. The molecule has 2 aromatic rings. The number of rotatable bonds is 3. The van der Waals surface area contributed by atoms with Gasteiger partial charge in [-0.3, -0.25) is 9.59 Å². The predicted molar refractivity (Wildman–Crippen MR) is 68.0 cm³/mol. The zero-order chi connectivity index (χ0) is 13.7. The molecule has 3 N–H and O–H groups in total. The fourth-order valence-electron chi connectivity index (χ4n) is 1.29. The van der Waals surface area contributed by atoms with E-state index in [1.807, 2.05) is 0 Å². The summed E-state index contributed by atoms with van der Waals surface area (Å²) in [5.41, 5.74) is 2.34. The Morgan fingerprint density at radius 1 is 1.32 bits per heavy atom. The Labute approximate surface area is 107 Å². The lowest BCUT2D eigenvalue weighted by Gasteiger charge is -1.98. The van der Waals surface area contributed by atoms with Crippen LogP contribution in [0.3, 0.4) is 0 Å². The van der Waals surface area contributed by atoms with E-state index < -0.39 is 11.5 Å². The van der Waals surface area contributed by atoms with Crippen LogP contribution in [-0.2, 0) is 0 Å². The minimum absolute atomic E-state index is 0.0361. The highest BCUT2D eigenvalue weighted by Gasteiger charge is 2.05. The van der Waals surface area contributed by atoms with Gasteiger partial charge in [0.2, 0.25) is 0 Å². The summed E-state index contributed by atoms with van der Waals surface area (Å²) in [4.78, 5) is 22.3. The SMILES string of the molecule is O=C(NN=Cc1ccccc1O)c1ccc(=O)[nH]n1. The van der Waals surface area contributed by atoms with Crippen LogP contribution >= 0.6 is 0 Å². The summed E-state index contributed by atoms with van der Waals surface area (Å²) < 4.78 is 0. The fraction of sp³-hybridized carbons (Fsp3) is 0. The van der Waals surface area contributed by atoms with Gasteiger partial charge >= 0.3 is 0 Å². The monoisotopic (exact) mass is 258 g/mol. The van der Waals surface area contributed by atoms with Crippen molar-refractivity contribution in [3.63, 3.8) is 0 Å². The number of nitrogens with one attached hydrogen (secondary N) is 2. The average Bonchev–Trinajstić information content (AvgIpc) is 2.41. The molecule has 0 spiro atoms. The number of hydrazone groups is 1. The Morgan fingerprint density at radius 2 is 2.11 bits per heavy atom. The summed E-state index contributed by atoms with van der Waals surface area (Å²) in [6, 6.07) is 9.02. The van der Waals surface area contributed by atoms with E-state index in [2.05, 4.69) is 20.7 Å². The number of aromatic nitrogens is 2. The van der Waals surface area contributed by atoms with Crippen LogP contribution in [0.4, 0.5) is 0 Å². The Bertz CT molecular complexity index is 658. The summed E-state index contributed by atoms with van der Waals surface area (Å²) in [5.74, 6) is -0.509. The number of carbonyl (C=O) groups is 1.